The number of hydrogen-bond donors (Lipinski definition) is 2. The zero-order valence-electron chi connectivity index (χ0n) is 17.2. The summed E-state index contributed by atoms with van der Waals surface area (Å²) in [6, 6.07) is 8.48. The van der Waals surface area contributed by atoms with Crippen molar-refractivity contribution in [3.8, 4) is 0 Å². The Labute approximate surface area is 188 Å². The van der Waals surface area contributed by atoms with E-state index >= 15 is 0 Å². The second kappa shape index (κ2) is 9.62. The number of benzene rings is 1. The minimum Gasteiger partial charge on any atom is -0.370 e. The van der Waals surface area contributed by atoms with Crippen LogP contribution in [0.3, 0.4) is 0 Å². The molecule has 1 aliphatic rings. The zero-order chi connectivity index (χ0) is 19.5. The number of aryl methyl sites for hydroxylation is 2. The number of aliphatic imine (C=N–C) groups is 1. The average Bonchev–Trinajstić information content (AvgIpc) is 3.28. The number of nitrogens with zero attached hydrogens (tertiary/aromatic N) is 4. The van der Waals surface area contributed by atoms with Crippen LogP contribution in [0.1, 0.15) is 22.9 Å². The van der Waals surface area contributed by atoms with Gasteiger partial charge in [-0.25, -0.2) is 0 Å². The van der Waals surface area contributed by atoms with Gasteiger partial charge in [0, 0.05) is 55.5 Å². The second-order valence-electron chi connectivity index (χ2n) is 7.25. The van der Waals surface area contributed by atoms with Crippen LogP contribution in [0.4, 0.5) is 0 Å². The van der Waals surface area contributed by atoms with Gasteiger partial charge in [0.05, 0.1) is 19.3 Å². The van der Waals surface area contributed by atoms with E-state index in [-0.39, 0.29) is 30.1 Å². The van der Waals surface area contributed by atoms with Gasteiger partial charge in [-0.15, -0.1) is 24.0 Å². The van der Waals surface area contributed by atoms with Gasteiger partial charge >= 0.3 is 0 Å². The summed E-state index contributed by atoms with van der Waals surface area (Å²) in [6.45, 7) is 5.27. The maximum Gasteiger partial charge on any atom is 0.193 e. The molecule has 0 spiro atoms. The molecule has 7 nitrogen and oxygen atoms in total. The molecular weight excluding hydrogens is 479 g/mol. The van der Waals surface area contributed by atoms with E-state index in [0.717, 1.165) is 37.6 Å². The van der Waals surface area contributed by atoms with E-state index in [4.69, 9.17) is 4.74 Å². The van der Waals surface area contributed by atoms with Crippen LogP contribution in [0.5, 0.6) is 0 Å². The molecular formula is C21H29IN6O. The molecule has 1 fully saturated rings. The van der Waals surface area contributed by atoms with Gasteiger partial charge in [0.2, 0.25) is 0 Å². The molecule has 156 valence electrons. The molecule has 0 saturated carbocycles. The van der Waals surface area contributed by atoms with E-state index in [9.17, 15) is 0 Å². The highest BCUT2D eigenvalue weighted by atomic mass is 127. The SMILES string of the molecule is CN=C(NCCc1c(C)[nH]c2ccccc12)N1CCOC(c2cnn(C)c2)C1.I. The molecule has 1 atom stereocenters. The van der Waals surface area contributed by atoms with Crippen molar-refractivity contribution in [3.63, 3.8) is 0 Å². The summed E-state index contributed by atoms with van der Waals surface area (Å²) in [4.78, 5) is 10.2. The number of fused-ring (bicyclic) bond motifs is 1. The lowest BCUT2D eigenvalue weighted by Crippen LogP contribution is -2.48. The Bertz CT molecular complexity index is 979. The van der Waals surface area contributed by atoms with Crippen LogP contribution in [0, 0.1) is 6.92 Å². The van der Waals surface area contributed by atoms with Gasteiger partial charge in [-0.2, -0.15) is 5.10 Å². The molecule has 1 unspecified atom stereocenters. The number of para-hydroxylation sites is 1. The van der Waals surface area contributed by atoms with Crippen molar-refractivity contribution in [2.75, 3.05) is 33.3 Å². The van der Waals surface area contributed by atoms with Crippen LogP contribution in [0.15, 0.2) is 41.7 Å². The fourth-order valence-electron chi connectivity index (χ4n) is 3.94. The molecule has 1 aromatic carbocycles. The van der Waals surface area contributed by atoms with Gasteiger partial charge in [-0.3, -0.25) is 9.67 Å². The summed E-state index contributed by atoms with van der Waals surface area (Å²) in [7, 11) is 3.77. The normalized spacial score (nSPS) is 17.4. The highest BCUT2D eigenvalue weighted by Crippen LogP contribution is 2.23. The molecule has 0 bridgehead atoms. The number of guanidine groups is 1. The van der Waals surface area contributed by atoms with Gasteiger partial charge in [0.1, 0.15) is 6.10 Å². The molecule has 0 amide bonds. The lowest BCUT2D eigenvalue weighted by atomic mass is 10.1. The van der Waals surface area contributed by atoms with Crippen molar-refractivity contribution in [3.05, 3.63) is 53.5 Å². The molecule has 2 N–H and O–H groups in total. The van der Waals surface area contributed by atoms with E-state index in [2.05, 4.69) is 56.5 Å². The molecule has 1 aliphatic heterocycles. The number of hydrogen-bond acceptors (Lipinski definition) is 3. The van der Waals surface area contributed by atoms with Crippen molar-refractivity contribution in [1.29, 1.82) is 0 Å². The van der Waals surface area contributed by atoms with Crippen LogP contribution in [-0.2, 0) is 18.2 Å². The van der Waals surface area contributed by atoms with Crippen molar-refractivity contribution in [1.82, 2.24) is 25.0 Å². The molecule has 3 aromatic rings. The van der Waals surface area contributed by atoms with Crippen molar-refractivity contribution in [2.24, 2.45) is 12.0 Å². The fraction of sp³-hybridized carbons (Fsp3) is 0.429. The molecule has 2 aromatic heterocycles. The molecule has 8 heteroatoms. The van der Waals surface area contributed by atoms with Crippen LogP contribution >= 0.6 is 24.0 Å². The van der Waals surface area contributed by atoms with Gasteiger partial charge in [-0.05, 0) is 25.0 Å². The van der Waals surface area contributed by atoms with E-state index in [1.54, 1.807) is 0 Å². The first-order valence-corrected chi connectivity index (χ1v) is 9.77. The minimum atomic E-state index is 0. The van der Waals surface area contributed by atoms with Crippen LogP contribution in [0.2, 0.25) is 0 Å². The monoisotopic (exact) mass is 508 g/mol. The molecule has 29 heavy (non-hydrogen) atoms. The zero-order valence-corrected chi connectivity index (χ0v) is 19.5. The first-order valence-electron chi connectivity index (χ1n) is 9.77. The first kappa shape index (κ1) is 21.6. The maximum absolute atomic E-state index is 5.95. The summed E-state index contributed by atoms with van der Waals surface area (Å²) in [5, 5.41) is 9.10. The summed E-state index contributed by atoms with van der Waals surface area (Å²) in [5.74, 6) is 0.926. The number of rotatable bonds is 4. The van der Waals surface area contributed by atoms with Gasteiger partial charge in [0.25, 0.3) is 0 Å². The number of morpholine rings is 1. The van der Waals surface area contributed by atoms with Crippen molar-refractivity contribution >= 4 is 40.8 Å². The summed E-state index contributed by atoms with van der Waals surface area (Å²) in [5.41, 5.74) is 4.92. The second-order valence-corrected chi connectivity index (χ2v) is 7.25. The Hall–Kier alpha value is -2.07. The number of aromatic amines is 1. The van der Waals surface area contributed by atoms with E-state index in [1.807, 2.05) is 31.2 Å². The third kappa shape index (κ3) is 4.75. The number of halogens is 1. The fourth-order valence-corrected chi connectivity index (χ4v) is 3.94. The Morgan fingerprint density at radius 3 is 2.97 bits per heavy atom. The third-order valence-corrected chi connectivity index (χ3v) is 5.36. The molecule has 0 aliphatic carbocycles. The maximum atomic E-state index is 5.95. The van der Waals surface area contributed by atoms with E-state index in [0.29, 0.717) is 6.61 Å². The largest absolute Gasteiger partial charge is 0.370 e. The quantitative estimate of drug-likeness (QED) is 0.323. The number of ether oxygens (including phenoxy) is 1. The standard InChI is InChI=1S/C21H28N6O.HI/c1-15-17(18-6-4-5-7-19(18)25-15)8-9-23-21(22-2)27-10-11-28-20(14-27)16-12-24-26(3)13-16;/h4-7,12-13,20,25H,8-11,14H2,1-3H3,(H,22,23);1H. The van der Waals surface area contributed by atoms with Crippen molar-refractivity contribution < 1.29 is 4.74 Å². The number of aromatic nitrogens is 3. The molecule has 3 heterocycles. The lowest BCUT2D eigenvalue weighted by molar-refractivity contribution is -0.00800. The summed E-state index contributed by atoms with van der Waals surface area (Å²) < 4.78 is 7.76. The molecule has 4 rings (SSSR count). The Balaban J connectivity index is 0.00000240. The number of nitrogens with one attached hydrogen (secondary N) is 2. The van der Waals surface area contributed by atoms with E-state index in [1.165, 1.54) is 22.2 Å². The van der Waals surface area contributed by atoms with Gasteiger partial charge < -0.3 is 19.9 Å². The predicted molar refractivity (Wildman–Crippen MR) is 127 cm³/mol. The van der Waals surface area contributed by atoms with Gasteiger partial charge in [-0.1, -0.05) is 18.2 Å². The molecule has 1 saturated heterocycles. The smallest absolute Gasteiger partial charge is 0.193 e. The highest BCUT2D eigenvalue weighted by Gasteiger charge is 2.25. The van der Waals surface area contributed by atoms with E-state index < -0.39 is 0 Å². The van der Waals surface area contributed by atoms with Crippen LogP contribution in [0.25, 0.3) is 10.9 Å². The van der Waals surface area contributed by atoms with Crippen LogP contribution in [-0.4, -0.2) is 58.9 Å². The van der Waals surface area contributed by atoms with Crippen LogP contribution < -0.4 is 5.32 Å². The Morgan fingerprint density at radius 2 is 2.21 bits per heavy atom. The topological polar surface area (TPSA) is 70.5 Å². The predicted octanol–water partition coefficient (Wildman–Crippen LogP) is 3.02. The summed E-state index contributed by atoms with van der Waals surface area (Å²) in [6.07, 6.45) is 4.87. The van der Waals surface area contributed by atoms with Crippen molar-refractivity contribution in [2.45, 2.75) is 19.4 Å². The van der Waals surface area contributed by atoms with Gasteiger partial charge in [0.15, 0.2) is 5.96 Å². The molecule has 0 radical (unpaired) electrons. The lowest BCUT2D eigenvalue weighted by Gasteiger charge is -2.34. The average molecular weight is 508 g/mol. The Morgan fingerprint density at radius 1 is 1.38 bits per heavy atom. The first-order chi connectivity index (χ1) is 13.7. The highest BCUT2D eigenvalue weighted by molar-refractivity contribution is 14.0. The third-order valence-electron chi connectivity index (χ3n) is 5.36. The summed E-state index contributed by atoms with van der Waals surface area (Å²) >= 11 is 0. The number of H-pyrrole nitrogens is 1. The minimum absolute atomic E-state index is 0. The Kier molecular flexibility index (Phi) is 7.18.